The average Bonchev–Trinajstić information content (AvgIpc) is 2.83. The fourth-order valence-electron chi connectivity index (χ4n) is 3.28. The van der Waals surface area contributed by atoms with Crippen LogP contribution in [0.1, 0.15) is 17.5 Å². The van der Waals surface area contributed by atoms with Crippen molar-refractivity contribution in [1.82, 2.24) is 15.5 Å². The van der Waals surface area contributed by atoms with Crippen molar-refractivity contribution in [2.24, 2.45) is 0 Å². The highest BCUT2D eigenvalue weighted by Crippen LogP contribution is 2.12. The predicted octanol–water partition coefficient (Wildman–Crippen LogP) is 2.22. The number of piperazine rings is 1. The Morgan fingerprint density at radius 1 is 1.15 bits per heavy atom. The van der Waals surface area contributed by atoms with E-state index in [1.165, 1.54) is 11.0 Å². The van der Waals surface area contributed by atoms with Crippen LogP contribution >= 0.6 is 12.2 Å². The molecule has 1 heterocycles. The van der Waals surface area contributed by atoms with Crippen molar-refractivity contribution in [3.63, 3.8) is 0 Å². The first kappa shape index (κ1) is 24.9. The number of aryl methyl sites for hydroxylation is 1. The normalized spacial score (nSPS) is 15.5. The lowest BCUT2D eigenvalue weighted by Crippen LogP contribution is -2.60. The minimum Gasteiger partial charge on any atom is -0.490 e. The number of carbonyl (C=O) groups is 3. The van der Waals surface area contributed by atoms with Gasteiger partial charge in [0.15, 0.2) is 5.11 Å². The Hall–Kier alpha value is -3.72. The highest BCUT2D eigenvalue weighted by atomic mass is 32.1. The van der Waals surface area contributed by atoms with Gasteiger partial charge in [-0.05, 0) is 42.9 Å². The van der Waals surface area contributed by atoms with Gasteiger partial charge in [-0.2, -0.15) is 0 Å². The monoisotopic (exact) mass is 481 g/mol. The first-order valence-corrected chi connectivity index (χ1v) is 11.3. The summed E-state index contributed by atoms with van der Waals surface area (Å²) in [5.74, 6) is -0.655. The lowest BCUT2D eigenvalue weighted by molar-refractivity contribution is -0.148. The summed E-state index contributed by atoms with van der Waals surface area (Å²) in [6.45, 7) is 2.94. The molecular formula is C25H27N3O5S. The lowest BCUT2D eigenvalue weighted by Gasteiger charge is -2.36. The van der Waals surface area contributed by atoms with Crippen LogP contribution < -0.4 is 15.4 Å². The van der Waals surface area contributed by atoms with Crippen molar-refractivity contribution in [2.75, 3.05) is 26.3 Å². The number of nitrogens with one attached hydrogen (secondary N) is 2. The number of amides is 2. The summed E-state index contributed by atoms with van der Waals surface area (Å²) in [5.41, 5.74) is 2.00. The standard InChI is InChI=1S/C25H27N3O5S/c1-18-7-9-19(10-8-18)11-12-22(29)27-25(34)28-14-13-26-24(31)21(28)17-23(30)33-16-15-32-20-5-3-2-4-6-20/h2-12,21H,13-17H2,1H3,(H,26,31)(H,27,29,34)/b12-11+. The van der Waals surface area contributed by atoms with Crippen molar-refractivity contribution in [2.45, 2.75) is 19.4 Å². The molecule has 0 radical (unpaired) electrons. The van der Waals surface area contributed by atoms with Gasteiger partial charge in [0.2, 0.25) is 11.8 Å². The highest BCUT2D eigenvalue weighted by Gasteiger charge is 2.34. The van der Waals surface area contributed by atoms with Gasteiger partial charge in [0.25, 0.3) is 0 Å². The molecule has 0 aliphatic carbocycles. The number of thiocarbonyl (C=S) groups is 1. The van der Waals surface area contributed by atoms with Gasteiger partial charge in [0, 0.05) is 19.2 Å². The van der Waals surface area contributed by atoms with Gasteiger partial charge in [0.1, 0.15) is 25.0 Å². The van der Waals surface area contributed by atoms with E-state index in [2.05, 4.69) is 10.6 Å². The molecule has 1 aliphatic rings. The van der Waals surface area contributed by atoms with Crippen LogP contribution in [0.25, 0.3) is 6.08 Å². The van der Waals surface area contributed by atoms with Crippen LogP contribution in [0.3, 0.4) is 0 Å². The third kappa shape index (κ3) is 7.70. The highest BCUT2D eigenvalue weighted by molar-refractivity contribution is 7.80. The zero-order valence-electron chi connectivity index (χ0n) is 18.9. The average molecular weight is 482 g/mol. The lowest BCUT2D eigenvalue weighted by atomic mass is 10.1. The molecule has 2 amide bonds. The van der Waals surface area contributed by atoms with E-state index < -0.39 is 17.9 Å². The molecule has 1 unspecified atom stereocenters. The van der Waals surface area contributed by atoms with Gasteiger partial charge in [-0.25, -0.2) is 0 Å². The van der Waals surface area contributed by atoms with E-state index >= 15 is 0 Å². The number of para-hydroxylation sites is 1. The second-order valence-electron chi connectivity index (χ2n) is 7.62. The zero-order chi connectivity index (χ0) is 24.3. The summed E-state index contributed by atoms with van der Waals surface area (Å²) in [7, 11) is 0. The molecule has 34 heavy (non-hydrogen) atoms. The Morgan fingerprint density at radius 3 is 2.62 bits per heavy atom. The van der Waals surface area contributed by atoms with Crippen molar-refractivity contribution >= 4 is 41.2 Å². The number of ether oxygens (including phenoxy) is 2. The second-order valence-corrected chi connectivity index (χ2v) is 8.01. The maximum Gasteiger partial charge on any atom is 0.308 e. The van der Waals surface area contributed by atoms with E-state index in [0.717, 1.165) is 11.1 Å². The topological polar surface area (TPSA) is 97.0 Å². The number of hydrogen-bond acceptors (Lipinski definition) is 6. The summed E-state index contributed by atoms with van der Waals surface area (Å²) >= 11 is 5.35. The van der Waals surface area contributed by atoms with E-state index in [1.807, 2.05) is 49.4 Å². The molecule has 3 rings (SSSR count). The number of esters is 1. The molecule has 2 N–H and O–H groups in total. The van der Waals surface area contributed by atoms with Crippen LogP contribution in [0, 0.1) is 6.92 Å². The van der Waals surface area contributed by atoms with Crippen LogP contribution in [-0.2, 0) is 19.1 Å². The maximum absolute atomic E-state index is 12.4. The van der Waals surface area contributed by atoms with Gasteiger partial charge >= 0.3 is 5.97 Å². The third-order valence-electron chi connectivity index (χ3n) is 5.04. The molecule has 1 fully saturated rings. The van der Waals surface area contributed by atoms with Crippen LogP contribution in [0.4, 0.5) is 0 Å². The van der Waals surface area contributed by atoms with Gasteiger partial charge in [-0.3, -0.25) is 19.7 Å². The summed E-state index contributed by atoms with van der Waals surface area (Å²) < 4.78 is 10.7. The van der Waals surface area contributed by atoms with Gasteiger partial charge in [-0.15, -0.1) is 0 Å². The molecule has 1 aliphatic heterocycles. The van der Waals surface area contributed by atoms with Crippen molar-refractivity contribution in [3.05, 3.63) is 71.8 Å². The summed E-state index contributed by atoms with van der Waals surface area (Å²) in [6.07, 6.45) is 2.84. The SMILES string of the molecule is Cc1ccc(/C=C/C(=O)NC(=S)N2CCNC(=O)C2CC(=O)OCCOc2ccccc2)cc1. The number of hydrogen-bond donors (Lipinski definition) is 2. The van der Waals surface area contributed by atoms with E-state index in [-0.39, 0.29) is 30.7 Å². The molecule has 2 aromatic rings. The fraction of sp³-hybridized carbons (Fsp3) is 0.280. The number of benzene rings is 2. The largest absolute Gasteiger partial charge is 0.490 e. The predicted molar refractivity (Wildman–Crippen MR) is 132 cm³/mol. The molecule has 0 spiro atoms. The van der Waals surface area contributed by atoms with Crippen LogP contribution in [-0.4, -0.2) is 60.1 Å². The zero-order valence-corrected chi connectivity index (χ0v) is 19.7. The summed E-state index contributed by atoms with van der Waals surface area (Å²) in [4.78, 5) is 38.6. The van der Waals surface area contributed by atoms with Crippen molar-refractivity contribution in [3.8, 4) is 5.75 Å². The Bertz CT molecular complexity index is 1040. The number of carbonyl (C=O) groups excluding carboxylic acids is 3. The molecule has 0 bridgehead atoms. The van der Waals surface area contributed by atoms with Crippen LogP contribution in [0.5, 0.6) is 5.75 Å². The summed E-state index contributed by atoms with van der Waals surface area (Å²) in [6, 6.07) is 16.0. The Balaban J connectivity index is 1.49. The van der Waals surface area contributed by atoms with E-state index in [0.29, 0.717) is 18.8 Å². The Labute approximate surface area is 203 Å². The fourth-order valence-corrected chi connectivity index (χ4v) is 3.60. The second kappa shape index (κ2) is 12.5. The maximum atomic E-state index is 12.4. The quantitative estimate of drug-likeness (QED) is 0.258. The first-order chi connectivity index (χ1) is 16.4. The third-order valence-corrected chi connectivity index (χ3v) is 5.38. The molecule has 0 saturated carbocycles. The van der Waals surface area contributed by atoms with Crippen molar-refractivity contribution < 1.29 is 23.9 Å². The van der Waals surface area contributed by atoms with E-state index in [1.54, 1.807) is 18.2 Å². The molecule has 0 aromatic heterocycles. The van der Waals surface area contributed by atoms with Crippen LogP contribution in [0.2, 0.25) is 0 Å². The molecule has 2 aromatic carbocycles. The number of rotatable bonds is 8. The molecular weight excluding hydrogens is 454 g/mol. The van der Waals surface area contributed by atoms with Crippen LogP contribution in [0.15, 0.2) is 60.7 Å². The smallest absolute Gasteiger partial charge is 0.308 e. The van der Waals surface area contributed by atoms with E-state index in [4.69, 9.17) is 21.7 Å². The molecule has 8 nitrogen and oxygen atoms in total. The molecule has 178 valence electrons. The molecule has 1 saturated heterocycles. The van der Waals surface area contributed by atoms with Gasteiger partial charge < -0.3 is 19.7 Å². The minimum atomic E-state index is -0.870. The Kier molecular flexibility index (Phi) is 9.16. The summed E-state index contributed by atoms with van der Waals surface area (Å²) in [5, 5.41) is 5.40. The minimum absolute atomic E-state index is 0.0487. The molecule has 9 heteroatoms. The van der Waals surface area contributed by atoms with Gasteiger partial charge in [-0.1, -0.05) is 48.0 Å². The Morgan fingerprint density at radius 2 is 1.88 bits per heavy atom. The first-order valence-electron chi connectivity index (χ1n) is 10.9. The van der Waals surface area contributed by atoms with Crippen molar-refractivity contribution in [1.29, 1.82) is 0 Å². The van der Waals surface area contributed by atoms with E-state index in [9.17, 15) is 14.4 Å². The van der Waals surface area contributed by atoms with Gasteiger partial charge in [0.05, 0.1) is 6.42 Å². The number of nitrogens with zero attached hydrogens (tertiary/aromatic N) is 1. The molecule has 1 atom stereocenters.